The van der Waals surface area contributed by atoms with Crippen LogP contribution in [0.1, 0.15) is 28.1 Å². The van der Waals surface area contributed by atoms with Crippen molar-refractivity contribution in [1.29, 1.82) is 0 Å². The van der Waals surface area contributed by atoms with E-state index in [-0.39, 0.29) is 17.8 Å². The van der Waals surface area contributed by atoms with Crippen LogP contribution in [0.5, 0.6) is 0 Å². The Bertz CT molecular complexity index is 538. The monoisotopic (exact) mass is 330 g/mol. The van der Waals surface area contributed by atoms with Crippen molar-refractivity contribution in [2.45, 2.75) is 25.8 Å². The van der Waals surface area contributed by atoms with Gasteiger partial charge in [0.25, 0.3) is 5.91 Å². The van der Waals surface area contributed by atoms with Crippen molar-refractivity contribution in [3.63, 3.8) is 0 Å². The predicted molar refractivity (Wildman–Crippen MR) is 84.4 cm³/mol. The quantitative estimate of drug-likeness (QED) is 0.339. The number of hydrogen-bond donors (Lipinski definition) is 3. The standard InChI is InChI=1S/C13H19ClN4O2S/c1-8-7-21-12(11(8)14)13(19)16-9-2-4-18(5-3-9)6-10(15)17-20/h7,9,20H,2-6H2,1H3,(H2,15,17)(H,16,19). The van der Waals surface area contributed by atoms with E-state index in [1.165, 1.54) is 11.3 Å². The van der Waals surface area contributed by atoms with Gasteiger partial charge in [0.2, 0.25) is 0 Å². The highest BCUT2D eigenvalue weighted by Gasteiger charge is 2.23. The molecule has 1 amide bonds. The third-order valence-corrected chi connectivity index (χ3v) is 5.24. The zero-order chi connectivity index (χ0) is 15.4. The molecule has 1 aliphatic heterocycles. The van der Waals surface area contributed by atoms with Crippen molar-refractivity contribution in [2.75, 3.05) is 19.6 Å². The second-order valence-electron chi connectivity index (χ2n) is 5.18. The number of amidine groups is 1. The summed E-state index contributed by atoms with van der Waals surface area (Å²) in [6, 6.07) is 0.138. The maximum atomic E-state index is 12.2. The minimum absolute atomic E-state index is 0.104. The van der Waals surface area contributed by atoms with Crippen molar-refractivity contribution >= 4 is 34.7 Å². The van der Waals surface area contributed by atoms with E-state index in [2.05, 4.69) is 15.4 Å². The minimum atomic E-state index is -0.104. The lowest BCUT2D eigenvalue weighted by atomic mass is 10.0. The maximum absolute atomic E-state index is 12.2. The predicted octanol–water partition coefficient (Wildman–Crippen LogP) is 1.65. The number of carbonyl (C=O) groups is 1. The molecule has 6 nitrogen and oxygen atoms in total. The summed E-state index contributed by atoms with van der Waals surface area (Å²) in [4.78, 5) is 14.9. The fourth-order valence-corrected chi connectivity index (χ4v) is 3.51. The summed E-state index contributed by atoms with van der Waals surface area (Å²) >= 11 is 7.48. The molecule has 0 aliphatic carbocycles. The normalized spacial score (nSPS) is 17.9. The van der Waals surface area contributed by atoms with E-state index in [9.17, 15) is 4.79 Å². The van der Waals surface area contributed by atoms with Crippen LogP contribution >= 0.6 is 22.9 Å². The second-order valence-corrected chi connectivity index (χ2v) is 6.43. The van der Waals surface area contributed by atoms with Gasteiger partial charge in [-0.15, -0.1) is 11.3 Å². The Morgan fingerprint density at radius 1 is 1.62 bits per heavy atom. The molecule has 116 valence electrons. The third kappa shape index (κ3) is 4.09. The minimum Gasteiger partial charge on any atom is -0.409 e. The molecule has 21 heavy (non-hydrogen) atoms. The van der Waals surface area contributed by atoms with E-state index in [1.807, 2.05) is 12.3 Å². The van der Waals surface area contributed by atoms with Gasteiger partial charge in [-0.25, -0.2) is 0 Å². The van der Waals surface area contributed by atoms with Crippen molar-refractivity contribution in [3.05, 3.63) is 20.8 Å². The van der Waals surface area contributed by atoms with Crippen LogP contribution in [0.3, 0.4) is 0 Å². The maximum Gasteiger partial charge on any atom is 0.263 e. The van der Waals surface area contributed by atoms with Crippen LogP contribution in [0.4, 0.5) is 0 Å². The van der Waals surface area contributed by atoms with Crippen molar-refractivity contribution in [2.24, 2.45) is 10.9 Å². The zero-order valence-electron chi connectivity index (χ0n) is 11.8. The van der Waals surface area contributed by atoms with Crippen LogP contribution in [0.2, 0.25) is 5.02 Å². The molecule has 0 spiro atoms. The smallest absolute Gasteiger partial charge is 0.263 e. The molecule has 2 rings (SSSR count). The Morgan fingerprint density at radius 3 is 2.81 bits per heavy atom. The lowest BCUT2D eigenvalue weighted by Gasteiger charge is -2.31. The van der Waals surface area contributed by atoms with Gasteiger partial charge in [-0.3, -0.25) is 9.69 Å². The van der Waals surface area contributed by atoms with Crippen LogP contribution in [0.25, 0.3) is 0 Å². The van der Waals surface area contributed by atoms with Gasteiger partial charge >= 0.3 is 0 Å². The lowest BCUT2D eigenvalue weighted by molar-refractivity contribution is 0.0919. The van der Waals surface area contributed by atoms with Gasteiger partial charge < -0.3 is 16.3 Å². The van der Waals surface area contributed by atoms with Crippen molar-refractivity contribution in [1.82, 2.24) is 10.2 Å². The lowest BCUT2D eigenvalue weighted by Crippen LogP contribution is -2.46. The van der Waals surface area contributed by atoms with E-state index in [4.69, 9.17) is 22.5 Å². The average molecular weight is 331 g/mol. The highest BCUT2D eigenvalue weighted by atomic mass is 35.5. The van der Waals surface area contributed by atoms with Crippen LogP contribution in [0.15, 0.2) is 10.5 Å². The number of carbonyl (C=O) groups excluding carboxylic acids is 1. The van der Waals surface area contributed by atoms with Gasteiger partial charge in [-0.05, 0) is 30.7 Å². The molecule has 0 bridgehead atoms. The first-order chi connectivity index (χ1) is 10.0. The summed E-state index contributed by atoms with van der Waals surface area (Å²) in [7, 11) is 0. The van der Waals surface area contributed by atoms with Gasteiger partial charge in [0.05, 0.1) is 11.6 Å². The summed E-state index contributed by atoms with van der Waals surface area (Å²) in [5.41, 5.74) is 6.42. The average Bonchev–Trinajstić information content (AvgIpc) is 2.81. The van der Waals surface area contributed by atoms with Crippen LogP contribution in [-0.2, 0) is 0 Å². The molecule has 0 aromatic carbocycles. The number of rotatable bonds is 4. The molecule has 0 radical (unpaired) electrons. The number of thiophene rings is 1. The molecule has 8 heteroatoms. The number of likely N-dealkylation sites (tertiary alicyclic amines) is 1. The Kier molecular flexibility index (Phi) is 5.44. The Morgan fingerprint density at radius 2 is 2.29 bits per heavy atom. The molecule has 0 saturated carbocycles. The third-order valence-electron chi connectivity index (χ3n) is 3.54. The number of nitrogens with zero attached hydrogens (tertiary/aromatic N) is 2. The van der Waals surface area contributed by atoms with Crippen molar-refractivity contribution in [3.8, 4) is 0 Å². The second kappa shape index (κ2) is 7.11. The first kappa shape index (κ1) is 16.1. The number of hydrogen-bond acceptors (Lipinski definition) is 5. The number of oxime groups is 1. The number of aryl methyl sites for hydroxylation is 1. The fourth-order valence-electron chi connectivity index (χ4n) is 2.33. The summed E-state index contributed by atoms with van der Waals surface area (Å²) in [6.45, 7) is 3.95. The van der Waals surface area contributed by atoms with E-state index < -0.39 is 0 Å². The molecular weight excluding hydrogens is 312 g/mol. The molecule has 1 saturated heterocycles. The van der Waals surface area contributed by atoms with E-state index >= 15 is 0 Å². The molecule has 1 aromatic rings. The number of nitrogens with one attached hydrogen (secondary N) is 1. The van der Waals surface area contributed by atoms with Crippen molar-refractivity contribution < 1.29 is 10.0 Å². The van der Waals surface area contributed by atoms with Gasteiger partial charge in [0.15, 0.2) is 5.84 Å². The summed E-state index contributed by atoms with van der Waals surface area (Å²) < 4.78 is 0. The van der Waals surface area contributed by atoms with Crippen LogP contribution in [-0.4, -0.2) is 47.5 Å². The van der Waals surface area contributed by atoms with E-state index in [1.54, 1.807) is 0 Å². The molecule has 1 aliphatic rings. The summed E-state index contributed by atoms with van der Waals surface area (Å²) in [5, 5.41) is 17.0. The Balaban J connectivity index is 1.83. The van der Waals surface area contributed by atoms with Crippen LogP contribution < -0.4 is 11.1 Å². The molecule has 0 atom stereocenters. The molecule has 0 unspecified atom stereocenters. The van der Waals surface area contributed by atoms with Gasteiger partial charge in [0.1, 0.15) is 4.88 Å². The number of halogens is 1. The van der Waals surface area contributed by atoms with Gasteiger partial charge in [-0.1, -0.05) is 16.8 Å². The molecule has 1 aromatic heterocycles. The summed E-state index contributed by atoms with van der Waals surface area (Å²) in [6.07, 6.45) is 1.68. The highest BCUT2D eigenvalue weighted by molar-refractivity contribution is 7.13. The van der Waals surface area contributed by atoms with Crippen LogP contribution in [0, 0.1) is 6.92 Å². The topological polar surface area (TPSA) is 91.0 Å². The SMILES string of the molecule is Cc1csc(C(=O)NC2CCN(CC(N)=NO)CC2)c1Cl. The first-order valence-electron chi connectivity index (χ1n) is 6.74. The summed E-state index contributed by atoms with van der Waals surface area (Å²) in [5.74, 6) is 0.103. The Hall–Kier alpha value is -1.31. The number of nitrogens with two attached hydrogens (primary N) is 1. The molecule has 4 N–H and O–H groups in total. The molecule has 2 heterocycles. The van der Waals surface area contributed by atoms with E-state index in [0.717, 1.165) is 31.5 Å². The number of amides is 1. The van der Waals surface area contributed by atoms with E-state index in [0.29, 0.717) is 16.4 Å². The highest BCUT2D eigenvalue weighted by Crippen LogP contribution is 2.27. The van der Waals surface area contributed by atoms with Gasteiger partial charge in [0, 0.05) is 19.1 Å². The fraction of sp³-hybridized carbons (Fsp3) is 0.538. The number of piperidine rings is 1. The Labute approximate surface area is 132 Å². The molecule has 1 fully saturated rings. The first-order valence-corrected chi connectivity index (χ1v) is 8.00. The van der Waals surface area contributed by atoms with Gasteiger partial charge in [-0.2, -0.15) is 0 Å². The largest absolute Gasteiger partial charge is 0.409 e. The molecular formula is C13H19ClN4O2S. The zero-order valence-corrected chi connectivity index (χ0v) is 13.4.